The van der Waals surface area contributed by atoms with Crippen molar-refractivity contribution in [2.24, 2.45) is 0 Å². The summed E-state index contributed by atoms with van der Waals surface area (Å²) in [6.07, 6.45) is -5.70. The topological polar surface area (TPSA) is 110 Å². The fourth-order valence-corrected chi connectivity index (χ4v) is 5.07. The lowest BCUT2D eigenvalue weighted by Gasteiger charge is -2.38. The SMILES string of the molecule is O=C(O)c1ccc2nc(C(F)(F)F)nc(N3CC(O)C(N4CCN(C(=O)c5ccc(Cl)cc5)CC4)C3)c2c1. The number of anilines is 1. The van der Waals surface area contributed by atoms with Gasteiger partial charge >= 0.3 is 12.1 Å². The van der Waals surface area contributed by atoms with Gasteiger partial charge in [-0.1, -0.05) is 11.6 Å². The Kier molecular flexibility index (Phi) is 6.88. The quantitative estimate of drug-likeness (QED) is 0.511. The lowest BCUT2D eigenvalue weighted by Crippen LogP contribution is -2.54. The predicted octanol–water partition coefficient (Wildman–Crippen LogP) is 3.01. The first-order valence-electron chi connectivity index (χ1n) is 11.9. The number of nitrogens with zero attached hydrogens (tertiary/aromatic N) is 5. The Bertz CT molecular complexity index is 1380. The van der Waals surface area contributed by atoms with Gasteiger partial charge in [0.1, 0.15) is 5.82 Å². The van der Waals surface area contributed by atoms with Gasteiger partial charge in [-0.15, -0.1) is 0 Å². The summed E-state index contributed by atoms with van der Waals surface area (Å²) in [5.41, 5.74) is 0.367. The summed E-state index contributed by atoms with van der Waals surface area (Å²) >= 11 is 5.90. The van der Waals surface area contributed by atoms with Crippen LogP contribution in [0.15, 0.2) is 42.5 Å². The van der Waals surface area contributed by atoms with E-state index in [4.69, 9.17) is 11.6 Å². The normalized spacial score (nSPS) is 20.8. The molecular weight excluding hydrogens is 527 g/mol. The number of aromatic carboxylic acids is 1. The van der Waals surface area contributed by atoms with E-state index >= 15 is 0 Å². The zero-order valence-electron chi connectivity index (χ0n) is 19.9. The van der Waals surface area contributed by atoms with Crippen molar-refractivity contribution in [3.63, 3.8) is 0 Å². The highest BCUT2D eigenvalue weighted by atomic mass is 35.5. The molecule has 5 rings (SSSR count). The largest absolute Gasteiger partial charge is 0.478 e. The molecule has 2 atom stereocenters. The Hall–Kier alpha value is -3.48. The third-order valence-electron chi connectivity index (χ3n) is 6.90. The molecule has 0 bridgehead atoms. The molecular formula is C25H23ClF3N5O4. The van der Waals surface area contributed by atoms with Crippen LogP contribution < -0.4 is 4.90 Å². The maximum absolute atomic E-state index is 13.5. The van der Waals surface area contributed by atoms with Gasteiger partial charge in [-0.3, -0.25) is 9.69 Å². The number of rotatable bonds is 4. The summed E-state index contributed by atoms with van der Waals surface area (Å²) in [6, 6.07) is 9.86. The number of carbonyl (C=O) groups is 2. The minimum atomic E-state index is -4.81. The van der Waals surface area contributed by atoms with Crippen molar-refractivity contribution in [3.05, 3.63) is 64.4 Å². The molecule has 3 heterocycles. The second-order valence-corrected chi connectivity index (χ2v) is 9.72. The van der Waals surface area contributed by atoms with Gasteiger partial charge in [-0.05, 0) is 42.5 Å². The third kappa shape index (κ3) is 5.11. The number of amides is 1. The van der Waals surface area contributed by atoms with Gasteiger partial charge in [0.15, 0.2) is 0 Å². The van der Waals surface area contributed by atoms with E-state index in [2.05, 4.69) is 9.97 Å². The fourth-order valence-electron chi connectivity index (χ4n) is 4.95. The maximum atomic E-state index is 13.5. The Morgan fingerprint density at radius 3 is 2.24 bits per heavy atom. The molecule has 2 unspecified atom stereocenters. The first-order chi connectivity index (χ1) is 18.0. The molecule has 2 aromatic carbocycles. The predicted molar refractivity (Wildman–Crippen MR) is 132 cm³/mol. The molecule has 2 fully saturated rings. The molecule has 0 spiro atoms. The number of piperazine rings is 1. The van der Waals surface area contributed by atoms with Crippen molar-refractivity contribution in [2.45, 2.75) is 18.3 Å². The highest BCUT2D eigenvalue weighted by Gasteiger charge is 2.41. The average Bonchev–Trinajstić information content (AvgIpc) is 3.28. The van der Waals surface area contributed by atoms with Crippen LogP contribution in [0.3, 0.4) is 0 Å². The molecule has 2 N–H and O–H groups in total. The van der Waals surface area contributed by atoms with Crippen LogP contribution in [0.2, 0.25) is 5.02 Å². The number of carboxylic acids is 1. The highest BCUT2D eigenvalue weighted by molar-refractivity contribution is 6.30. The number of aromatic nitrogens is 2. The second-order valence-electron chi connectivity index (χ2n) is 9.28. The van der Waals surface area contributed by atoms with E-state index in [1.165, 1.54) is 23.1 Å². The number of hydrogen-bond acceptors (Lipinski definition) is 7. The fraction of sp³-hybridized carbons (Fsp3) is 0.360. The smallest absolute Gasteiger partial charge is 0.451 e. The Labute approximate surface area is 220 Å². The summed E-state index contributed by atoms with van der Waals surface area (Å²) in [7, 11) is 0. The number of alkyl halides is 3. The zero-order valence-corrected chi connectivity index (χ0v) is 20.7. The number of carboxylic acid groups (broad SMARTS) is 1. The van der Waals surface area contributed by atoms with E-state index in [-0.39, 0.29) is 41.3 Å². The van der Waals surface area contributed by atoms with Gasteiger partial charge < -0.3 is 20.0 Å². The van der Waals surface area contributed by atoms with Gasteiger partial charge in [0.25, 0.3) is 5.91 Å². The van der Waals surface area contributed by atoms with E-state index in [0.717, 1.165) is 0 Å². The number of aliphatic hydroxyl groups is 1. The van der Waals surface area contributed by atoms with E-state index in [1.54, 1.807) is 29.2 Å². The second kappa shape index (κ2) is 10.0. The molecule has 9 nitrogen and oxygen atoms in total. The molecule has 2 aliphatic rings. The molecule has 3 aromatic rings. The molecule has 0 saturated carbocycles. The number of benzene rings is 2. The minimum Gasteiger partial charge on any atom is -0.478 e. The Morgan fingerprint density at radius 1 is 0.947 bits per heavy atom. The van der Waals surface area contributed by atoms with Crippen LogP contribution in [0.5, 0.6) is 0 Å². The van der Waals surface area contributed by atoms with Crippen molar-refractivity contribution in [3.8, 4) is 0 Å². The number of fused-ring (bicyclic) bond motifs is 1. The molecule has 2 saturated heterocycles. The van der Waals surface area contributed by atoms with Crippen molar-refractivity contribution < 1.29 is 33.0 Å². The van der Waals surface area contributed by atoms with Crippen molar-refractivity contribution >= 4 is 40.2 Å². The van der Waals surface area contributed by atoms with Crippen molar-refractivity contribution in [1.82, 2.24) is 19.8 Å². The Balaban J connectivity index is 1.35. The summed E-state index contributed by atoms with van der Waals surface area (Å²) in [6.45, 7) is 1.96. The summed E-state index contributed by atoms with van der Waals surface area (Å²) in [4.78, 5) is 36.9. The molecule has 13 heteroatoms. The molecule has 38 heavy (non-hydrogen) atoms. The van der Waals surface area contributed by atoms with Crippen molar-refractivity contribution in [2.75, 3.05) is 44.2 Å². The molecule has 200 valence electrons. The van der Waals surface area contributed by atoms with Gasteiger partial charge in [-0.25, -0.2) is 14.8 Å². The molecule has 0 radical (unpaired) electrons. The van der Waals surface area contributed by atoms with Crippen LogP contribution >= 0.6 is 11.6 Å². The third-order valence-corrected chi connectivity index (χ3v) is 7.15. The lowest BCUT2D eigenvalue weighted by molar-refractivity contribution is -0.144. The zero-order chi connectivity index (χ0) is 27.2. The van der Waals surface area contributed by atoms with E-state index in [9.17, 15) is 33.0 Å². The first-order valence-corrected chi connectivity index (χ1v) is 12.2. The maximum Gasteiger partial charge on any atom is 0.451 e. The van der Waals surface area contributed by atoms with Crippen LogP contribution in [0, 0.1) is 0 Å². The van der Waals surface area contributed by atoms with Gasteiger partial charge in [0.2, 0.25) is 5.82 Å². The first kappa shape index (κ1) is 26.1. The van der Waals surface area contributed by atoms with Crippen LogP contribution in [-0.4, -0.2) is 93.3 Å². The van der Waals surface area contributed by atoms with E-state index in [1.807, 2.05) is 4.90 Å². The molecule has 1 aromatic heterocycles. The number of hydrogen-bond donors (Lipinski definition) is 2. The highest BCUT2D eigenvalue weighted by Crippen LogP contribution is 2.34. The summed E-state index contributed by atoms with van der Waals surface area (Å²) in [5, 5.41) is 20.9. The van der Waals surface area contributed by atoms with Gasteiger partial charge in [-0.2, -0.15) is 13.2 Å². The average molecular weight is 550 g/mol. The van der Waals surface area contributed by atoms with Crippen molar-refractivity contribution in [1.29, 1.82) is 0 Å². The Morgan fingerprint density at radius 2 is 1.61 bits per heavy atom. The van der Waals surface area contributed by atoms with Crippen LogP contribution in [0.1, 0.15) is 26.5 Å². The molecule has 2 aliphatic heterocycles. The summed E-state index contributed by atoms with van der Waals surface area (Å²) < 4.78 is 40.6. The molecule has 1 amide bonds. The lowest BCUT2D eigenvalue weighted by atomic mass is 10.1. The monoisotopic (exact) mass is 549 g/mol. The standard InChI is InChI=1S/C25H23ClF3N5O4/c26-16-4-1-14(2-5-16)22(36)33-9-7-32(8-10-33)19-12-34(13-20(19)35)21-17-11-15(23(37)38)3-6-18(17)30-24(31-21)25(27,28)29/h1-6,11,19-20,35H,7-10,12-13H2,(H,37,38). The van der Waals surface area contributed by atoms with E-state index in [0.29, 0.717) is 36.8 Å². The minimum absolute atomic E-state index is 0.00922. The number of halogens is 4. The number of aliphatic hydroxyl groups excluding tert-OH is 1. The summed E-state index contributed by atoms with van der Waals surface area (Å²) in [5.74, 6) is -2.78. The van der Waals surface area contributed by atoms with Crippen LogP contribution in [0.25, 0.3) is 10.9 Å². The van der Waals surface area contributed by atoms with Gasteiger partial charge in [0.05, 0.1) is 23.2 Å². The number of β-amino-alcohol motifs (C(OH)–C–C–N with tert-alkyl or cyclic N) is 1. The van der Waals surface area contributed by atoms with Crippen LogP contribution in [-0.2, 0) is 6.18 Å². The van der Waals surface area contributed by atoms with Gasteiger partial charge in [0, 0.05) is 55.2 Å². The number of carbonyl (C=O) groups excluding carboxylic acids is 1. The molecule has 0 aliphatic carbocycles. The van der Waals surface area contributed by atoms with Crippen LogP contribution in [0.4, 0.5) is 19.0 Å². The van der Waals surface area contributed by atoms with E-state index < -0.39 is 30.1 Å².